The van der Waals surface area contributed by atoms with Gasteiger partial charge in [-0.25, -0.2) is 0 Å². The molecule has 0 spiro atoms. The molecule has 0 atom stereocenters. The van der Waals surface area contributed by atoms with Crippen LogP contribution in [-0.4, -0.2) is 34.0 Å². The lowest BCUT2D eigenvalue weighted by Crippen LogP contribution is -2.45. The average Bonchev–Trinajstić information content (AvgIpc) is 2.62. The third kappa shape index (κ3) is 3.66. The Labute approximate surface area is 142 Å². The minimum atomic E-state index is -4.46. The number of halogens is 3. The summed E-state index contributed by atoms with van der Waals surface area (Å²) >= 11 is 0. The first-order valence-corrected chi connectivity index (χ1v) is 7.89. The van der Waals surface area contributed by atoms with Crippen LogP contribution >= 0.6 is 0 Å². The van der Waals surface area contributed by atoms with Gasteiger partial charge in [0.1, 0.15) is 0 Å². The van der Waals surface area contributed by atoms with Crippen molar-refractivity contribution >= 4 is 5.91 Å². The van der Waals surface area contributed by atoms with Crippen molar-refractivity contribution in [2.75, 3.05) is 13.1 Å². The molecular weight excluding hydrogens is 333 g/mol. The quantitative estimate of drug-likeness (QED) is 0.905. The number of carbonyl (C=O) groups is 1. The molecule has 132 valence electrons. The molecule has 1 aliphatic rings. The van der Waals surface area contributed by atoms with E-state index in [0.29, 0.717) is 5.56 Å². The molecule has 7 heteroatoms. The maximum Gasteiger partial charge on any atom is 0.416 e. The number of pyridine rings is 1. The Balaban J connectivity index is 1.74. The van der Waals surface area contributed by atoms with Crippen LogP contribution in [0.4, 0.5) is 13.2 Å². The Morgan fingerprint density at radius 1 is 1.16 bits per heavy atom. The van der Waals surface area contributed by atoms with Gasteiger partial charge in [0.2, 0.25) is 0 Å². The summed E-state index contributed by atoms with van der Waals surface area (Å²) in [4.78, 5) is 17.9. The Morgan fingerprint density at radius 3 is 2.48 bits per heavy atom. The number of aromatic nitrogens is 1. The van der Waals surface area contributed by atoms with Gasteiger partial charge >= 0.3 is 6.18 Å². The summed E-state index contributed by atoms with van der Waals surface area (Å²) in [5.41, 5.74) is -1.47. The third-order valence-corrected chi connectivity index (χ3v) is 4.51. The Kier molecular flexibility index (Phi) is 4.51. The van der Waals surface area contributed by atoms with Gasteiger partial charge < -0.3 is 10.0 Å². The maximum absolute atomic E-state index is 12.9. The number of nitrogens with zero attached hydrogens (tertiary/aromatic N) is 2. The molecule has 0 radical (unpaired) electrons. The summed E-state index contributed by atoms with van der Waals surface area (Å²) in [6.07, 6.45) is -1.06. The second-order valence-corrected chi connectivity index (χ2v) is 6.14. The fraction of sp³-hybridized carbons (Fsp3) is 0.333. The van der Waals surface area contributed by atoms with E-state index in [1.807, 2.05) is 0 Å². The Bertz CT molecular complexity index is 754. The van der Waals surface area contributed by atoms with Crippen LogP contribution in [0.1, 0.15) is 34.3 Å². The lowest BCUT2D eigenvalue weighted by Gasteiger charge is -2.38. The predicted molar refractivity (Wildman–Crippen MR) is 84.7 cm³/mol. The third-order valence-electron chi connectivity index (χ3n) is 4.51. The molecule has 2 aromatic rings. The number of aliphatic hydroxyl groups is 1. The van der Waals surface area contributed by atoms with Gasteiger partial charge in [0.15, 0.2) is 0 Å². The van der Waals surface area contributed by atoms with Crippen LogP contribution in [0.25, 0.3) is 0 Å². The van der Waals surface area contributed by atoms with Crippen molar-refractivity contribution in [1.82, 2.24) is 9.88 Å². The van der Waals surface area contributed by atoms with Crippen LogP contribution in [0.3, 0.4) is 0 Å². The van der Waals surface area contributed by atoms with Gasteiger partial charge in [0.05, 0.1) is 16.7 Å². The lowest BCUT2D eigenvalue weighted by molar-refractivity contribution is -0.137. The molecule has 1 aromatic heterocycles. The van der Waals surface area contributed by atoms with E-state index in [1.54, 1.807) is 23.2 Å². The van der Waals surface area contributed by atoms with Crippen LogP contribution < -0.4 is 0 Å². The molecule has 2 heterocycles. The zero-order chi connectivity index (χ0) is 18.1. The second kappa shape index (κ2) is 6.48. The van der Waals surface area contributed by atoms with Crippen molar-refractivity contribution in [2.24, 2.45) is 0 Å². The molecule has 0 unspecified atom stereocenters. The molecule has 1 fully saturated rings. The van der Waals surface area contributed by atoms with Crippen molar-refractivity contribution in [3.63, 3.8) is 0 Å². The highest BCUT2D eigenvalue weighted by Gasteiger charge is 2.38. The summed E-state index contributed by atoms with van der Waals surface area (Å²) < 4.78 is 38.6. The number of benzene rings is 1. The predicted octanol–water partition coefficient (Wildman–Crippen LogP) is 3.22. The molecule has 3 rings (SSSR count). The van der Waals surface area contributed by atoms with E-state index in [9.17, 15) is 23.1 Å². The zero-order valence-electron chi connectivity index (χ0n) is 13.3. The van der Waals surface area contributed by atoms with E-state index in [1.165, 1.54) is 18.3 Å². The molecule has 4 nitrogen and oxygen atoms in total. The molecule has 0 bridgehead atoms. The van der Waals surface area contributed by atoms with E-state index >= 15 is 0 Å². The fourth-order valence-electron chi connectivity index (χ4n) is 3.03. The molecule has 25 heavy (non-hydrogen) atoms. The fourth-order valence-corrected chi connectivity index (χ4v) is 3.03. The van der Waals surface area contributed by atoms with E-state index in [-0.39, 0.29) is 37.4 Å². The normalized spacial score (nSPS) is 17.4. The topological polar surface area (TPSA) is 53.4 Å². The summed E-state index contributed by atoms with van der Waals surface area (Å²) in [6.45, 7) is 0.529. The van der Waals surface area contributed by atoms with E-state index < -0.39 is 17.3 Å². The van der Waals surface area contributed by atoms with Gasteiger partial charge in [-0.05, 0) is 42.7 Å². The standard InChI is InChI=1S/C18H17F3N2O2/c19-18(20,21)15-5-1-4-14(11-15)17(25)6-9-23(10-7-17)16(24)13-3-2-8-22-12-13/h1-5,8,11-12,25H,6-7,9-10H2. The first-order chi connectivity index (χ1) is 11.8. The van der Waals surface area contributed by atoms with Gasteiger partial charge in [0.25, 0.3) is 5.91 Å². The van der Waals surface area contributed by atoms with Gasteiger partial charge in [-0.1, -0.05) is 12.1 Å². The van der Waals surface area contributed by atoms with Gasteiger partial charge in [-0.2, -0.15) is 13.2 Å². The smallest absolute Gasteiger partial charge is 0.385 e. The minimum Gasteiger partial charge on any atom is -0.385 e. The van der Waals surface area contributed by atoms with Crippen LogP contribution in [0, 0.1) is 0 Å². The summed E-state index contributed by atoms with van der Waals surface area (Å²) in [5, 5.41) is 10.8. The number of amides is 1. The van der Waals surface area contributed by atoms with E-state index in [4.69, 9.17) is 0 Å². The number of rotatable bonds is 2. The van der Waals surface area contributed by atoms with E-state index in [0.717, 1.165) is 12.1 Å². The molecule has 1 aliphatic heterocycles. The van der Waals surface area contributed by atoms with Crippen LogP contribution in [-0.2, 0) is 11.8 Å². The highest BCUT2D eigenvalue weighted by Crippen LogP contribution is 2.36. The molecule has 1 saturated heterocycles. The SMILES string of the molecule is O=C(c1cccnc1)N1CCC(O)(c2cccc(C(F)(F)F)c2)CC1. The number of hydrogen-bond acceptors (Lipinski definition) is 3. The molecule has 1 aromatic carbocycles. The first kappa shape index (κ1) is 17.4. The van der Waals surface area contributed by atoms with Crippen LogP contribution in [0.2, 0.25) is 0 Å². The molecule has 1 amide bonds. The number of carbonyl (C=O) groups excluding carboxylic acids is 1. The van der Waals surface area contributed by atoms with Crippen molar-refractivity contribution in [1.29, 1.82) is 0 Å². The zero-order valence-corrected chi connectivity index (χ0v) is 13.3. The number of likely N-dealkylation sites (tertiary alicyclic amines) is 1. The van der Waals surface area contributed by atoms with E-state index in [2.05, 4.69) is 4.98 Å². The van der Waals surface area contributed by atoms with Gasteiger partial charge in [-0.3, -0.25) is 9.78 Å². The summed E-state index contributed by atoms with van der Waals surface area (Å²) in [6, 6.07) is 8.07. The highest BCUT2D eigenvalue weighted by atomic mass is 19.4. The average molecular weight is 350 g/mol. The number of piperidine rings is 1. The molecule has 0 saturated carbocycles. The highest BCUT2D eigenvalue weighted by molar-refractivity contribution is 5.93. The minimum absolute atomic E-state index is 0.181. The second-order valence-electron chi connectivity index (χ2n) is 6.14. The van der Waals surface area contributed by atoms with Gasteiger partial charge in [0, 0.05) is 25.5 Å². The summed E-state index contributed by atoms with van der Waals surface area (Å²) in [7, 11) is 0. The Morgan fingerprint density at radius 2 is 1.88 bits per heavy atom. The molecule has 1 N–H and O–H groups in total. The molecular formula is C18H17F3N2O2. The van der Waals surface area contributed by atoms with Crippen molar-refractivity contribution < 1.29 is 23.1 Å². The first-order valence-electron chi connectivity index (χ1n) is 7.89. The maximum atomic E-state index is 12.9. The van der Waals surface area contributed by atoms with Crippen LogP contribution in [0.5, 0.6) is 0 Å². The van der Waals surface area contributed by atoms with Crippen molar-refractivity contribution in [3.8, 4) is 0 Å². The largest absolute Gasteiger partial charge is 0.416 e. The van der Waals surface area contributed by atoms with Crippen molar-refractivity contribution in [3.05, 3.63) is 65.5 Å². The van der Waals surface area contributed by atoms with Crippen molar-refractivity contribution in [2.45, 2.75) is 24.6 Å². The lowest BCUT2D eigenvalue weighted by atomic mass is 9.83. The Hall–Kier alpha value is -2.41. The summed E-state index contributed by atoms with van der Waals surface area (Å²) in [5.74, 6) is -0.195. The molecule has 0 aliphatic carbocycles. The van der Waals surface area contributed by atoms with Crippen LogP contribution in [0.15, 0.2) is 48.8 Å². The van der Waals surface area contributed by atoms with Gasteiger partial charge in [-0.15, -0.1) is 0 Å². The number of hydrogen-bond donors (Lipinski definition) is 1. The monoisotopic (exact) mass is 350 g/mol. The number of alkyl halides is 3.